The van der Waals surface area contributed by atoms with Gasteiger partial charge in [0.05, 0.1) is 29.1 Å². The van der Waals surface area contributed by atoms with Crippen molar-refractivity contribution < 1.29 is 18.6 Å². The molecule has 2 heterocycles. The zero-order valence-corrected chi connectivity index (χ0v) is 12.8. The maximum atomic E-state index is 11.6. The summed E-state index contributed by atoms with van der Waals surface area (Å²) in [5, 5.41) is 19.4. The number of aliphatic hydroxyl groups excluding tert-OH is 2. The highest BCUT2D eigenvalue weighted by molar-refractivity contribution is 7.91. The third kappa shape index (κ3) is 3.31. The van der Waals surface area contributed by atoms with Gasteiger partial charge in [-0.1, -0.05) is 11.6 Å². The number of hydrogen-bond donors (Lipinski definition) is 2. The van der Waals surface area contributed by atoms with Crippen LogP contribution in [0.2, 0.25) is 4.34 Å². The highest BCUT2D eigenvalue weighted by Crippen LogP contribution is 2.40. The molecule has 0 spiro atoms. The zero-order chi connectivity index (χ0) is 14.1. The van der Waals surface area contributed by atoms with Gasteiger partial charge >= 0.3 is 0 Å². The number of hydrogen-bond acceptors (Lipinski definition) is 5. The van der Waals surface area contributed by atoms with E-state index in [1.165, 1.54) is 11.3 Å². The molecule has 4 nitrogen and oxygen atoms in total. The first-order valence-corrected chi connectivity index (χ1v) is 9.09. The Morgan fingerprint density at radius 1 is 1.37 bits per heavy atom. The van der Waals surface area contributed by atoms with Crippen LogP contribution in [-0.4, -0.2) is 43.4 Å². The molecule has 0 radical (unpaired) electrons. The van der Waals surface area contributed by atoms with Gasteiger partial charge in [-0.05, 0) is 30.9 Å². The Morgan fingerprint density at radius 3 is 2.47 bits per heavy atom. The molecule has 1 unspecified atom stereocenters. The van der Waals surface area contributed by atoms with Crippen LogP contribution in [0, 0.1) is 11.3 Å². The average molecular weight is 325 g/mol. The van der Waals surface area contributed by atoms with Gasteiger partial charge in [0.2, 0.25) is 0 Å². The second kappa shape index (κ2) is 5.69. The highest BCUT2D eigenvalue weighted by atomic mass is 35.5. The van der Waals surface area contributed by atoms with Crippen LogP contribution in [0.5, 0.6) is 0 Å². The second-order valence-corrected chi connectivity index (χ2v) is 9.19. The molecule has 108 valence electrons. The minimum absolute atomic E-state index is 0.0488. The lowest BCUT2D eigenvalue weighted by molar-refractivity contribution is 0.0131. The van der Waals surface area contributed by atoms with Gasteiger partial charge in [-0.25, -0.2) is 8.42 Å². The van der Waals surface area contributed by atoms with Crippen molar-refractivity contribution in [3.05, 3.63) is 21.3 Å². The van der Waals surface area contributed by atoms with Crippen LogP contribution >= 0.6 is 22.9 Å². The van der Waals surface area contributed by atoms with Crippen molar-refractivity contribution >= 4 is 32.8 Å². The van der Waals surface area contributed by atoms with Crippen molar-refractivity contribution in [1.82, 2.24) is 0 Å². The molecule has 0 aromatic carbocycles. The van der Waals surface area contributed by atoms with E-state index in [1.807, 2.05) is 6.07 Å². The summed E-state index contributed by atoms with van der Waals surface area (Å²) in [6, 6.07) is 3.63. The standard InChI is InChI=1S/C12H17ClO4S2/c13-11-2-1-10(18-11)5-12(7-14,8-15)9-3-4-19(16,17)6-9/h1-2,9,14-15H,3-8H2. The minimum Gasteiger partial charge on any atom is -0.396 e. The maximum Gasteiger partial charge on any atom is 0.150 e. The third-order valence-corrected chi connectivity index (χ3v) is 6.88. The molecule has 1 aliphatic rings. The second-order valence-electron chi connectivity index (χ2n) is 5.16. The number of thiophene rings is 1. The van der Waals surface area contributed by atoms with E-state index in [1.54, 1.807) is 6.07 Å². The van der Waals surface area contributed by atoms with E-state index >= 15 is 0 Å². The van der Waals surface area contributed by atoms with Crippen LogP contribution in [0.1, 0.15) is 11.3 Å². The molecule has 0 amide bonds. The molecule has 0 saturated carbocycles. The quantitative estimate of drug-likeness (QED) is 0.857. The van der Waals surface area contributed by atoms with Crippen molar-refractivity contribution in [2.24, 2.45) is 11.3 Å². The van der Waals surface area contributed by atoms with E-state index in [0.717, 1.165) is 4.88 Å². The molecular formula is C12H17ClO4S2. The third-order valence-electron chi connectivity index (χ3n) is 3.88. The number of sulfone groups is 1. The van der Waals surface area contributed by atoms with Gasteiger partial charge in [-0.15, -0.1) is 11.3 Å². The fourth-order valence-corrected chi connectivity index (χ4v) is 5.82. The molecule has 19 heavy (non-hydrogen) atoms. The van der Waals surface area contributed by atoms with Gasteiger partial charge in [0.15, 0.2) is 9.84 Å². The van der Waals surface area contributed by atoms with Crippen molar-refractivity contribution in [3.63, 3.8) is 0 Å². The summed E-state index contributed by atoms with van der Waals surface area (Å²) >= 11 is 7.28. The summed E-state index contributed by atoms with van der Waals surface area (Å²) in [6.07, 6.45) is 0.958. The maximum absolute atomic E-state index is 11.6. The molecule has 0 aliphatic carbocycles. The smallest absolute Gasteiger partial charge is 0.150 e. The van der Waals surface area contributed by atoms with Gasteiger partial charge in [0.1, 0.15) is 0 Å². The van der Waals surface area contributed by atoms with E-state index in [4.69, 9.17) is 11.6 Å². The molecule has 2 rings (SSSR count). The lowest BCUT2D eigenvalue weighted by atomic mass is 9.73. The zero-order valence-electron chi connectivity index (χ0n) is 10.4. The van der Waals surface area contributed by atoms with Crippen molar-refractivity contribution in [3.8, 4) is 0 Å². The highest BCUT2D eigenvalue weighted by Gasteiger charge is 2.44. The summed E-state index contributed by atoms with van der Waals surface area (Å²) in [5.41, 5.74) is -0.780. The minimum atomic E-state index is -3.03. The summed E-state index contributed by atoms with van der Waals surface area (Å²) in [4.78, 5) is 0.956. The summed E-state index contributed by atoms with van der Waals surface area (Å²) in [7, 11) is -3.03. The van der Waals surface area contributed by atoms with Gasteiger partial charge < -0.3 is 10.2 Å². The molecule has 1 aromatic heterocycles. The SMILES string of the molecule is O=S1(=O)CCC(C(CO)(CO)Cc2ccc(Cl)s2)C1. The van der Waals surface area contributed by atoms with Crippen molar-refractivity contribution in [2.45, 2.75) is 12.8 Å². The van der Waals surface area contributed by atoms with Crippen LogP contribution in [0.3, 0.4) is 0 Å². The Kier molecular flexibility index (Phi) is 4.57. The molecule has 2 N–H and O–H groups in total. The van der Waals surface area contributed by atoms with E-state index in [0.29, 0.717) is 17.2 Å². The fraction of sp³-hybridized carbons (Fsp3) is 0.667. The molecule has 1 saturated heterocycles. The Bertz CT molecular complexity index is 534. The Labute approximate surface area is 122 Å². The van der Waals surface area contributed by atoms with E-state index in [9.17, 15) is 18.6 Å². The topological polar surface area (TPSA) is 74.6 Å². The van der Waals surface area contributed by atoms with Gasteiger partial charge in [0, 0.05) is 10.3 Å². The van der Waals surface area contributed by atoms with E-state index in [-0.39, 0.29) is 30.6 Å². The predicted molar refractivity (Wildman–Crippen MR) is 76.4 cm³/mol. The molecule has 0 bridgehead atoms. The summed E-state index contributed by atoms with van der Waals surface area (Å²) in [6.45, 7) is -0.446. The van der Waals surface area contributed by atoms with Crippen LogP contribution in [0.15, 0.2) is 12.1 Å². The lowest BCUT2D eigenvalue weighted by Crippen LogP contribution is -2.40. The predicted octanol–water partition coefficient (Wildman–Crippen LogP) is 1.35. The van der Waals surface area contributed by atoms with Crippen LogP contribution < -0.4 is 0 Å². The molecular weight excluding hydrogens is 308 g/mol. The van der Waals surface area contributed by atoms with Crippen LogP contribution in [0.25, 0.3) is 0 Å². The molecule has 1 atom stereocenters. The largest absolute Gasteiger partial charge is 0.396 e. The molecule has 1 fully saturated rings. The first-order chi connectivity index (χ1) is 8.91. The Morgan fingerprint density at radius 2 is 2.05 bits per heavy atom. The average Bonchev–Trinajstić information content (AvgIpc) is 2.92. The van der Waals surface area contributed by atoms with Gasteiger partial charge in [-0.2, -0.15) is 0 Å². The van der Waals surface area contributed by atoms with Crippen molar-refractivity contribution in [1.29, 1.82) is 0 Å². The summed E-state index contributed by atoms with van der Waals surface area (Å²) in [5.74, 6) is -0.00828. The Balaban J connectivity index is 2.22. The fourth-order valence-electron chi connectivity index (χ4n) is 2.64. The lowest BCUT2D eigenvalue weighted by Gasteiger charge is -2.35. The Hall–Kier alpha value is -0.140. The van der Waals surface area contributed by atoms with Crippen LogP contribution in [0.4, 0.5) is 0 Å². The first kappa shape index (κ1) is 15.3. The number of aliphatic hydroxyl groups is 2. The van der Waals surface area contributed by atoms with E-state index in [2.05, 4.69) is 0 Å². The first-order valence-electron chi connectivity index (χ1n) is 6.07. The molecule has 1 aromatic rings. The molecule has 1 aliphatic heterocycles. The monoisotopic (exact) mass is 324 g/mol. The van der Waals surface area contributed by atoms with Gasteiger partial charge in [0.25, 0.3) is 0 Å². The van der Waals surface area contributed by atoms with Gasteiger partial charge in [-0.3, -0.25) is 0 Å². The summed E-state index contributed by atoms with van der Waals surface area (Å²) < 4.78 is 23.8. The van der Waals surface area contributed by atoms with Crippen LogP contribution in [-0.2, 0) is 16.3 Å². The van der Waals surface area contributed by atoms with E-state index < -0.39 is 15.3 Å². The van der Waals surface area contributed by atoms with Crippen molar-refractivity contribution in [2.75, 3.05) is 24.7 Å². The number of rotatable bonds is 5. The normalized spacial score (nSPS) is 22.8. The molecule has 7 heteroatoms. The number of halogens is 1.